The SMILES string of the molecule is CCC(O)CNC(=O)c1ccc2ncsc2c1. The number of thiazole rings is 1. The third-order valence-electron chi connectivity index (χ3n) is 2.56. The van der Waals surface area contributed by atoms with Crippen molar-refractivity contribution in [2.24, 2.45) is 0 Å². The van der Waals surface area contributed by atoms with Gasteiger partial charge in [-0.25, -0.2) is 4.98 Å². The highest BCUT2D eigenvalue weighted by Gasteiger charge is 2.08. The van der Waals surface area contributed by atoms with E-state index in [2.05, 4.69) is 10.3 Å². The molecule has 1 aromatic carbocycles. The van der Waals surface area contributed by atoms with Crippen LogP contribution in [0.5, 0.6) is 0 Å². The van der Waals surface area contributed by atoms with Crippen LogP contribution in [0.2, 0.25) is 0 Å². The molecule has 2 rings (SSSR count). The Morgan fingerprint density at radius 3 is 3.18 bits per heavy atom. The number of nitrogens with one attached hydrogen (secondary N) is 1. The Bertz CT molecular complexity index is 524. The molecule has 2 aromatic rings. The number of hydrogen-bond donors (Lipinski definition) is 2. The highest BCUT2D eigenvalue weighted by molar-refractivity contribution is 7.16. The van der Waals surface area contributed by atoms with Crippen molar-refractivity contribution in [2.75, 3.05) is 6.54 Å². The van der Waals surface area contributed by atoms with Crippen LogP contribution in [-0.4, -0.2) is 28.6 Å². The molecule has 17 heavy (non-hydrogen) atoms. The minimum atomic E-state index is -0.480. The number of rotatable bonds is 4. The number of fused-ring (bicyclic) bond motifs is 1. The first kappa shape index (κ1) is 12.0. The van der Waals surface area contributed by atoms with E-state index in [1.54, 1.807) is 11.6 Å². The standard InChI is InChI=1S/C12H14N2O2S/c1-2-9(15)6-13-12(16)8-3-4-10-11(5-8)17-7-14-10/h3-5,7,9,15H,2,6H2,1H3,(H,13,16). The summed E-state index contributed by atoms with van der Waals surface area (Å²) in [4.78, 5) is 15.9. The van der Waals surface area contributed by atoms with Crippen LogP contribution in [0.1, 0.15) is 23.7 Å². The lowest BCUT2D eigenvalue weighted by atomic mass is 10.2. The van der Waals surface area contributed by atoms with E-state index in [1.807, 2.05) is 19.1 Å². The van der Waals surface area contributed by atoms with Crippen molar-refractivity contribution >= 4 is 27.5 Å². The Balaban J connectivity index is 2.08. The molecule has 1 amide bonds. The second-order valence-corrected chi connectivity index (χ2v) is 4.69. The van der Waals surface area contributed by atoms with Crippen molar-refractivity contribution in [3.05, 3.63) is 29.3 Å². The number of aliphatic hydroxyl groups excluding tert-OH is 1. The fraction of sp³-hybridized carbons (Fsp3) is 0.333. The quantitative estimate of drug-likeness (QED) is 0.869. The third-order valence-corrected chi connectivity index (χ3v) is 3.35. The number of hydrogen-bond acceptors (Lipinski definition) is 4. The smallest absolute Gasteiger partial charge is 0.251 e. The molecule has 0 fully saturated rings. The first-order chi connectivity index (χ1) is 8.20. The molecule has 0 saturated carbocycles. The van der Waals surface area contributed by atoms with Crippen LogP contribution >= 0.6 is 11.3 Å². The van der Waals surface area contributed by atoms with Gasteiger partial charge >= 0.3 is 0 Å². The molecule has 0 aliphatic rings. The Morgan fingerprint density at radius 2 is 2.41 bits per heavy atom. The molecule has 0 spiro atoms. The summed E-state index contributed by atoms with van der Waals surface area (Å²) in [6.45, 7) is 2.16. The van der Waals surface area contributed by atoms with Gasteiger partial charge in [0, 0.05) is 12.1 Å². The Labute approximate surface area is 103 Å². The lowest BCUT2D eigenvalue weighted by Gasteiger charge is -2.09. The molecular weight excluding hydrogens is 236 g/mol. The molecule has 1 aromatic heterocycles. The number of nitrogens with zero attached hydrogens (tertiary/aromatic N) is 1. The molecule has 5 heteroatoms. The summed E-state index contributed by atoms with van der Waals surface area (Å²) >= 11 is 1.51. The normalized spacial score (nSPS) is 12.6. The lowest BCUT2D eigenvalue weighted by molar-refractivity contribution is 0.0914. The highest BCUT2D eigenvalue weighted by atomic mass is 32.1. The number of carbonyl (C=O) groups is 1. The average Bonchev–Trinajstić information content (AvgIpc) is 2.82. The molecule has 1 heterocycles. The monoisotopic (exact) mass is 250 g/mol. The van der Waals surface area contributed by atoms with E-state index in [1.165, 1.54) is 11.3 Å². The molecule has 4 nitrogen and oxygen atoms in total. The minimum absolute atomic E-state index is 0.159. The molecule has 90 valence electrons. The van der Waals surface area contributed by atoms with Gasteiger partial charge in [0.25, 0.3) is 5.91 Å². The number of aliphatic hydroxyl groups is 1. The van der Waals surface area contributed by atoms with Crippen molar-refractivity contribution in [1.82, 2.24) is 10.3 Å². The van der Waals surface area contributed by atoms with Gasteiger partial charge in [0.15, 0.2) is 0 Å². The summed E-state index contributed by atoms with van der Waals surface area (Å²) in [6, 6.07) is 5.40. The van der Waals surface area contributed by atoms with Crippen LogP contribution in [0.3, 0.4) is 0 Å². The molecule has 1 atom stereocenters. The van der Waals surface area contributed by atoms with E-state index in [0.29, 0.717) is 12.0 Å². The number of aromatic nitrogens is 1. The topological polar surface area (TPSA) is 62.2 Å². The maximum absolute atomic E-state index is 11.8. The van der Waals surface area contributed by atoms with E-state index in [-0.39, 0.29) is 12.5 Å². The lowest BCUT2D eigenvalue weighted by Crippen LogP contribution is -2.31. The van der Waals surface area contributed by atoms with E-state index in [4.69, 9.17) is 0 Å². The summed E-state index contributed by atoms with van der Waals surface area (Å²) in [5.41, 5.74) is 3.26. The van der Waals surface area contributed by atoms with Crippen molar-refractivity contribution in [1.29, 1.82) is 0 Å². The Kier molecular flexibility index (Phi) is 3.71. The Morgan fingerprint density at radius 1 is 1.59 bits per heavy atom. The van der Waals surface area contributed by atoms with Crippen molar-refractivity contribution < 1.29 is 9.90 Å². The maximum Gasteiger partial charge on any atom is 0.251 e. The van der Waals surface area contributed by atoms with Crippen LogP contribution in [0.15, 0.2) is 23.7 Å². The fourth-order valence-corrected chi connectivity index (χ4v) is 2.17. The molecule has 1 unspecified atom stereocenters. The zero-order valence-corrected chi connectivity index (χ0v) is 10.3. The van der Waals surface area contributed by atoms with Gasteiger partial charge in [-0.05, 0) is 24.6 Å². The summed E-state index contributed by atoms with van der Waals surface area (Å²) in [5.74, 6) is -0.159. The largest absolute Gasteiger partial charge is 0.391 e. The van der Waals surface area contributed by atoms with Gasteiger partial charge in [-0.2, -0.15) is 0 Å². The van der Waals surface area contributed by atoms with Gasteiger partial charge in [-0.1, -0.05) is 6.92 Å². The number of amides is 1. The molecule has 0 bridgehead atoms. The van der Waals surface area contributed by atoms with Gasteiger partial charge < -0.3 is 10.4 Å². The molecule has 0 radical (unpaired) electrons. The maximum atomic E-state index is 11.8. The van der Waals surface area contributed by atoms with E-state index in [9.17, 15) is 9.90 Å². The van der Waals surface area contributed by atoms with Gasteiger partial charge in [-0.15, -0.1) is 11.3 Å². The summed E-state index contributed by atoms with van der Waals surface area (Å²) in [7, 11) is 0. The average molecular weight is 250 g/mol. The van der Waals surface area contributed by atoms with Crippen LogP contribution in [0.25, 0.3) is 10.2 Å². The van der Waals surface area contributed by atoms with E-state index < -0.39 is 6.10 Å². The van der Waals surface area contributed by atoms with E-state index >= 15 is 0 Å². The second kappa shape index (κ2) is 5.25. The zero-order valence-electron chi connectivity index (χ0n) is 9.51. The van der Waals surface area contributed by atoms with Crippen molar-refractivity contribution in [3.8, 4) is 0 Å². The van der Waals surface area contributed by atoms with Gasteiger partial charge in [-0.3, -0.25) is 4.79 Å². The zero-order chi connectivity index (χ0) is 12.3. The van der Waals surface area contributed by atoms with Gasteiger partial charge in [0.1, 0.15) is 0 Å². The minimum Gasteiger partial charge on any atom is -0.391 e. The second-order valence-electron chi connectivity index (χ2n) is 3.81. The fourth-order valence-electron chi connectivity index (χ4n) is 1.45. The number of carbonyl (C=O) groups excluding carboxylic acids is 1. The summed E-state index contributed by atoms with van der Waals surface area (Å²) < 4.78 is 0.994. The first-order valence-electron chi connectivity index (χ1n) is 5.50. The highest BCUT2D eigenvalue weighted by Crippen LogP contribution is 2.18. The summed E-state index contributed by atoms with van der Waals surface area (Å²) in [5, 5.41) is 12.1. The van der Waals surface area contributed by atoms with Gasteiger partial charge in [0.2, 0.25) is 0 Å². The third kappa shape index (κ3) is 2.81. The molecule has 0 aliphatic carbocycles. The number of benzene rings is 1. The van der Waals surface area contributed by atoms with E-state index in [0.717, 1.165) is 10.2 Å². The van der Waals surface area contributed by atoms with Gasteiger partial charge in [0.05, 0.1) is 21.8 Å². The predicted octanol–water partition coefficient (Wildman–Crippen LogP) is 1.80. The summed E-state index contributed by atoms with van der Waals surface area (Å²) in [6.07, 6.45) is 0.153. The van der Waals surface area contributed by atoms with Crippen molar-refractivity contribution in [3.63, 3.8) is 0 Å². The molecule has 2 N–H and O–H groups in total. The van der Waals surface area contributed by atoms with Crippen LogP contribution in [0.4, 0.5) is 0 Å². The Hall–Kier alpha value is -1.46. The molecule has 0 saturated heterocycles. The molecular formula is C12H14N2O2S. The van der Waals surface area contributed by atoms with Crippen molar-refractivity contribution in [2.45, 2.75) is 19.4 Å². The molecule has 0 aliphatic heterocycles. The van der Waals surface area contributed by atoms with Crippen LogP contribution in [0, 0.1) is 0 Å². The van der Waals surface area contributed by atoms with Crippen LogP contribution in [-0.2, 0) is 0 Å². The predicted molar refractivity (Wildman–Crippen MR) is 68.3 cm³/mol. The first-order valence-corrected chi connectivity index (χ1v) is 6.38. The van der Waals surface area contributed by atoms with Crippen LogP contribution < -0.4 is 5.32 Å².